The number of halogens is 1. The second-order valence-electron chi connectivity index (χ2n) is 8.92. The molecule has 7 heteroatoms. The van der Waals surface area contributed by atoms with Gasteiger partial charge in [-0.1, -0.05) is 6.07 Å². The average molecular weight is 465 g/mol. The Labute approximate surface area is 198 Å². The number of hydrogen-bond acceptors (Lipinski definition) is 5. The molecule has 0 spiro atoms. The van der Waals surface area contributed by atoms with Crippen molar-refractivity contribution in [1.82, 2.24) is 10.3 Å². The van der Waals surface area contributed by atoms with Gasteiger partial charge in [-0.05, 0) is 73.2 Å². The molecule has 178 valence electrons. The number of hydrogen-bond donors (Lipinski definition) is 2. The molecule has 0 radical (unpaired) electrons. The van der Waals surface area contributed by atoms with Crippen LogP contribution in [0.2, 0.25) is 0 Å². The van der Waals surface area contributed by atoms with Gasteiger partial charge in [-0.3, -0.25) is 4.79 Å². The summed E-state index contributed by atoms with van der Waals surface area (Å²) < 4.78 is 31.5. The number of aromatic amines is 1. The lowest BCUT2D eigenvalue weighted by molar-refractivity contribution is 0.0976. The maximum absolute atomic E-state index is 14.6. The minimum Gasteiger partial charge on any atom is -0.493 e. The number of aromatic nitrogens is 1. The number of piperidine rings is 1. The third-order valence-corrected chi connectivity index (χ3v) is 6.67. The van der Waals surface area contributed by atoms with E-state index in [0.29, 0.717) is 25.2 Å². The fourth-order valence-electron chi connectivity index (χ4n) is 4.80. The molecule has 5 rings (SSSR count). The molecule has 2 atom stereocenters. The smallest absolute Gasteiger partial charge is 0.231 e. The molecule has 0 unspecified atom stereocenters. The third-order valence-electron chi connectivity index (χ3n) is 6.67. The van der Waals surface area contributed by atoms with E-state index in [0.717, 1.165) is 48.6 Å². The van der Waals surface area contributed by atoms with E-state index >= 15 is 0 Å². The van der Waals surface area contributed by atoms with Crippen LogP contribution < -0.4 is 19.5 Å². The predicted molar refractivity (Wildman–Crippen MR) is 126 cm³/mol. The van der Waals surface area contributed by atoms with Gasteiger partial charge < -0.3 is 24.5 Å². The number of benzene rings is 2. The normalized spacial score (nSPS) is 19.2. The summed E-state index contributed by atoms with van der Waals surface area (Å²) in [6, 6.07) is 12.6. The van der Waals surface area contributed by atoms with Gasteiger partial charge in [-0.2, -0.15) is 0 Å². The van der Waals surface area contributed by atoms with E-state index in [1.165, 1.54) is 6.07 Å². The molecule has 1 aromatic heterocycles. The summed E-state index contributed by atoms with van der Waals surface area (Å²) in [6.07, 6.45) is 6.51. The van der Waals surface area contributed by atoms with Gasteiger partial charge >= 0.3 is 0 Å². The largest absolute Gasteiger partial charge is 0.493 e. The molecule has 3 heterocycles. The fourth-order valence-corrected chi connectivity index (χ4v) is 4.80. The Morgan fingerprint density at radius 2 is 2.03 bits per heavy atom. The Kier molecular flexibility index (Phi) is 6.81. The van der Waals surface area contributed by atoms with Crippen molar-refractivity contribution in [2.45, 2.75) is 31.6 Å². The topological polar surface area (TPSA) is 72.6 Å². The van der Waals surface area contributed by atoms with Crippen LogP contribution in [0.5, 0.6) is 17.2 Å². The number of fused-ring (bicyclic) bond motifs is 1. The number of carbonyl (C=O) groups excluding carboxylic acids is 1. The SMILES string of the molecule is O=C(CCCc1cc[nH]c1)c1cc([C@@H]2CCNC[C@H]2COc2ccc3c(c2)OCO3)ccc1F. The van der Waals surface area contributed by atoms with E-state index in [1.54, 1.807) is 6.07 Å². The van der Waals surface area contributed by atoms with Crippen molar-refractivity contribution in [3.8, 4) is 17.2 Å². The Balaban J connectivity index is 1.25. The molecular formula is C27H29FN2O4. The standard InChI is InChI=1S/C27H29FN2O4/c28-24-6-4-19(12-23(24)25(31)3-1-2-18-8-10-29-14-18)22-9-11-30-15-20(22)16-32-21-5-7-26-27(13-21)34-17-33-26/h4-8,10,12-14,20,22,29-30H,1-3,9,11,15-17H2/t20-,22-/m0/s1. The number of aryl methyl sites for hydroxylation is 1. The summed E-state index contributed by atoms with van der Waals surface area (Å²) in [6.45, 7) is 2.41. The summed E-state index contributed by atoms with van der Waals surface area (Å²) in [7, 11) is 0. The number of H-pyrrole nitrogens is 1. The number of carbonyl (C=O) groups is 1. The number of rotatable bonds is 9. The maximum Gasteiger partial charge on any atom is 0.231 e. The Hall–Kier alpha value is -3.32. The number of ketones is 1. The Morgan fingerprint density at radius 3 is 2.91 bits per heavy atom. The van der Waals surface area contributed by atoms with Gasteiger partial charge in [-0.25, -0.2) is 4.39 Å². The molecule has 1 fully saturated rings. The van der Waals surface area contributed by atoms with Gasteiger partial charge in [-0.15, -0.1) is 0 Å². The van der Waals surface area contributed by atoms with E-state index in [4.69, 9.17) is 14.2 Å². The number of ether oxygens (including phenoxy) is 3. The summed E-state index contributed by atoms with van der Waals surface area (Å²) >= 11 is 0. The van der Waals surface area contributed by atoms with Crippen molar-refractivity contribution < 1.29 is 23.4 Å². The summed E-state index contributed by atoms with van der Waals surface area (Å²) in [4.78, 5) is 15.8. The minimum atomic E-state index is -0.447. The second kappa shape index (κ2) is 10.3. The van der Waals surface area contributed by atoms with Crippen LogP contribution in [0.4, 0.5) is 4.39 Å². The molecule has 2 N–H and O–H groups in total. The summed E-state index contributed by atoms with van der Waals surface area (Å²) in [5, 5.41) is 3.43. The minimum absolute atomic E-state index is 0.142. The van der Waals surface area contributed by atoms with Gasteiger partial charge in [0.05, 0.1) is 12.2 Å². The molecular weight excluding hydrogens is 435 g/mol. The van der Waals surface area contributed by atoms with Crippen LogP contribution in [-0.4, -0.2) is 37.3 Å². The highest BCUT2D eigenvalue weighted by atomic mass is 19.1. The van der Waals surface area contributed by atoms with Gasteiger partial charge in [0.1, 0.15) is 11.6 Å². The zero-order valence-corrected chi connectivity index (χ0v) is 19.0. The highest BCUT2D eigenvalue weighted by Crippen LogP contribution is 2.36. The molecule has 0 aliphatic carbocycles. The van der Waals surface area contributed by atoms with Crippen LogP contribution in [0.3, 0.4) is 0 Å². The quantitative estimate of drug-likeness (QED) is 0.443. The molecule has 6 nitrogen and oxygen atoms in total. The van der Waals surface area contributed by atoms with Gasteiger partial charge in [0, 0.05) is 37.3 Å². The van der Waals surface area contributed by atoms with Crippen molar-refractivity contribution in [1.29, 1.82) is 0 Å². The lowest BCUT2D eigenvalue weighted by atomic mass is 9.80. The van der Waals surface area contributed by atoms with Crippen molar-refractivity contribution in [3.05, 3.63) is 77.4 Å². The van der Waals surface area contributed by atoms with Crippen LogP contribution in [0.15, 0.2) is 54.9 Å². The van der Waals surface area contributed by atoms with E-state index in [2.05, 4.69) is 10.3 Å². The lowest BCUT2D eigenvalue weighted by Gasteiger charge is -2.32. The molecule has 2 aliphatic heterocycles. The molecule has 0 amide bonds. The zero-order valence-electron chi connectivity index (χ0n) is 19.0. The summed E-state index contributed by atoms with van der Waals surface area (Å²) in [5.74, 6) is 1.93. The molecule has 0 saturated carbocycles. The van der Waals surface area contributed by atoms with Gasteiger partial charge in [0.15, 0.2) is 17.3 Å². The Bertz CT molecular complexity index is 1130. The Morgan fingerprint density at radius 1 is 1.12 bits per heavy atom. The van der Waals surface area contributed by atoms with Crippen LogP contribution >= 0.6 is 0 Å². The molecule has 2 aromatic carbocycles. The number of nitrogens with one attached hydrogen (secondary N) is 2. The van der Waals surface area contributed by atoms with Crippen molar-refractivity contribution in [2.75, 3.05) is 26.5 Å². The second-order valence-corrected chi connectivity index (χ2v) is 8.92. The first kappa shape index (κ1) is 22.5. The van der Waals surface area contributed by atoms with E-state index < -0.39 is 5.82 Å². The first-order valence-electron chi connectivity index (χ1n) is 11.8. The third kappa shape index (κ3) is 5.09. The monoisotopic (exact) mass is 464 g/mol. The van der Waals surface area contributed by atoms with Crippen LogP contribution in [0.1, 0.15) is 46.7 Å². The average Bonchev–Trinajstić information content (AvgIpc) is 3.55. The van der Waals surface area contributed by atoms with Crippen molar-refractivity contribution in [2.24, 2.45) is 5.92 Å². The van der Waals surface area contributed by atoms with Crippen molar-refractivity contribution in [3.63, 3.8) is 0 Å². The van der Waals surface area contributed by atoms with Crippen molar-refractivity contribution >= 4 is 5.78 Å². The van der Waals surface area contributed by atoms with E-state index in [9.17, 15) is 9.18 Å². The first-order chi connectivity index (χ1) is 16.7. The zero-order chi connectivity index (χ0) is 23.3. The van der Waals surface area contributed by atoms with E-state index in [-0.39, 0.29) is 30.0 Å². The lowest BCUT2D eigenvalue weighted by Crippen LogP contribution is -2.38. The van der Waals surface area contributed by atoms with Gasteiger partial charge in [0.2, 0.25) is 6.79 Å². The van der Waals surface area contributed by atoms with Crippen LogP contribution in [0.25, 0.3) is 0 Å². The van der Waals surface area contributed by atoms with E-state index in [1.807, 2.05) is 42.7 Å². The highest BCUT2D eigenvalue weighted by Gasteiger charge is 2.28. The predicted octanol–water partition coefficient (Wildman–Crippen LogP) is 4.86. The molecule has 34 heavy (non-hydrogen) atoms. The molecule has 0 bridgehead atoms. The molecule has 1 saturated heterocycles. The summed E-state index contributed by atoms with van der Waals surface area (Å²) in [5.41, 5.74) is 2.35. The first-order valence-corrected chi connectivity index (χ1v) is 11.8. The maximum atomic E-state index is 14.6. The molecule has 2 aliphatic rings. The van der Waals surface area contributed by atoms with Gasteiger partial charge in [0.25, 0.3) is 0 Å². The van der Waals surface area contributed by atoms with Crippen LogP contribution in [-0.2, 0) is 6.42 Å². The highest BCUT2D eigenvalue weighted by molar-refractivity contribution is 5.96. The molecule has 3 aromatic rings. The fraction of sp³-hybridized carbons (Fsp3) is 0.370. The van der Waals surface area contributed by atoms with Crippen LogP contribution in [0, 0.1) is 11.7 Å². The number of Topliss-reactive ketones (excluding diaryl/α,β-unsaturated/α-hetero) is 1.